The summed E-state index contributed by atoms with van der Waals surface area (Å²) in [4.78, 5) is 11.2. The number of unbranched alkanes of at least 4 members (excludes halogenated alkanes) is 5. The zero-order valence-electron chi connectivity index (χ0n) is 39.7. The van der Waals surface area contributed by atoms with Crippen molar-refractivity contribution in [1.29, 1.82) is 21.0 Å². The van der Waals surface area contributed by atoms with E-state index in [4.69, 9.17) is 9.98 Å². The maximum atomic E-state index is 9.33. The minimum absolute atomic E-state index is 0.494. The minimum atomic E-state index is -2.43. The molecule has 340 valence electrons. The van der Waals surface area contributed by atoms with E-state index in [0.717, 1.165) is 141 Å². The molecule has 4 aliphatic heterocycles. The number of rotatable bonds is 18. The summed E-state index contributed by atoms with van der Waals surface area (Å²) >= 11 is -2.43. The summed E-state index contributed by atoms with van der Waals surface area (Å²) in [6.45, 7) is 4.19. The van der Waals surface area contributed by atoms with E-state index in [0.29, 0.717) is 25.7 Å². The van der Waals surface area contributed by atoms with Crippen LogP contribution < -0.4 is 10.7 Å². The maximum Gasteiger partial charge on any atom is 0.580 e. The summed E-state index contributed by atoms with van der Waals surface area (Å²) < 4.78 is 5.21. The Balaban J connectivity index is 1.38. The van der Waals surface area contributed by atoms with Crippen molar-refractivity contribution in [3.63, 3.8) is 0 Å². The molecule has 2 aromatic heterocycles. The zero-order chi connectivity index (χ0) is 48.4. The molecule has 6 heterocycles. The number of nitrogens with zero attached hydrogens (tertiary/aromatic N) is 8. The number of nitriles is 4. The molecule has 70 heavy (non-hydrogen) atoms. The highest BCUT2D eigenvalue weighted by atomic mass is 27.2. The maximum absolute atomic E-state index is 9.33. The van der Waals surface area contributed by atoms with E-state index >= 15 is 0 Å². The molecule has 0 aliphatic carbocycles. The second-order valence-electron chi connectivity index (χ2n) is 17.9. The summed E-state index contributed by atoms with van der Waals surface area (Å²) in [5.74, 6) is 2.43. The van der Waals surface area contributed by atoms with Crippen molar-refractivity contribution in [2.75, 3.05) is 0 Å². The third kappa shape index (κ3) is 9.66. The van der Waals surface area contributed by atoms with Crippen LogP contribution in [0.4, 0.5) is 0 Å². The number of aromatic nitrogens is 2. The number of hydrogen-bond acceptors (Lipinski definition) is 6. The first-order chi connectivity index (χ1) is 34.5. The Hall–Kier alpha value is -8.03. The topological polar surface area (TPSA) is 130 Å². The Labute approximate surface area is 416 Å². The van der Waals surface area contributed by atoms with Crippen LogP contribution in [0.25, 0.3) is 22.3 Å². The van der Waals surface area contributed by atoms with Crippen molar-refractivity contribution in [3.8, 4) is 24.3 Å². The first-order valence-electron chi connectivity index (χ1n) is 24.4. The van der Waals surface area contributed by atoms with Crippen LogP contribution in [-0.2, 0) is 19.3 Å². The largest absolute Gasteiger partial charge is 0.580 e. The molecule has 9 heteroatoms. The van der Waals surface area contributed by atoms with E-state index in [9.17, 15) is 21.0 Å². The highest BCUT2D eigenvalue weighted by Gasteiger charge is 2.35. The molecule has 8 nitrogen and oxygen atoms in total. The fraction of sp³-hybridized carbons (Fsp3) is 0.213. The molecule has 5 aromatic rings. The molecular formula is C61H53AlN8. The molecule has 0 fully saturated rings. The molecule has 9 rings (SSSR count). The van der Waals surface area contributed by atoms with Gasteiger partial charge in [0.15, 0.2) is 0 Å². The van der Waals surface area contributed by atoms with Gasteiger partial charge in [-0.3, -0.25) is 0 Å². The minimum Gasteiger partial charge on any atom is -0.414 e. The molecule has 0 spiro atoms. The fourth-order valence-electron chi connectivity index (χ4n) is 10.1. The van der Waals surface area contributed by atoms with Crippen LogP contribution in [0, 0.1) is 45.3 Å². The molecule has 0 radical (unpaired) electrons. The van der Waals surface area contributed by atoms with Crippen LogP contribution in [0.15, 0.2) is 179 Å². The van der Waals surface area contributed by atoms with Crippen LogP contribution >= 0.6 is 0 Å². The summed E-state index contributed by atoms with van der Waals surface area (Å²) in [5, 5.41) is 39.3. The van der Waals surface area contributed by atoms with Gasteiger partial charge in [-0.15, -0.1) is 0 Å². The van der Waals surface area contributed by atoms with Gasteiger partial charge in [-0.25, -0.2) is 9.98 Å². The van der Waals surface area contributed by atoms with Crippen LogP contribution in [0.5, 0.6) is 0 Å². The van der Waals surface area contributed by atoms with Gasteiger partial charge in [-0.2, -0.15) is 21.0 Å². The van der Waals surface area contributed by atoms with Gasteiger partial charge >= 0.3 is 14.6 Å². The molecule has 0 atom stereocenters. The van der Waals surface area contributed by atoms with Crippen molar-refractivity contribution in [2.24, 2.45) is 9.98 Å². The summed E-state index contributed by atoms with van der Waals surface area (Å²) in [7, 11) is 0. The van der Waals surface area contributed by atoms with E-state index in [1.807, 2.05) is 6.08 Å². The van der Waals surface area contributed by atoms with E-state index < -0.39 is 14.6 Å². The average molecular weight is 925 g/mol. The van der Waals surface area contributed by atoms with Gasteiger partial charge in [0.05, 0.1) is 47.1 Å². The Morgan fingerprint density at radius 3 is 1.50 bits per heavy atom. The molecular weight excluding hydrogens is 872 g/mol. The summed E-state index contributed by atoms with van der Waals surface area (Å²) in [6, 6.07) is 44.7. The normalized spacial score (nSPS) is 14.6. The monoisotopic (exact) mass is 924 g/mol. The van der Waals surface area contributed by atoms with Gasteiger partial charge in [0.25, 0.3) is 0 Å². The van der Waals surface area contributed by atoms with Gasteiger partial charge < -0.3 is 7.10 Å². The first-order valence-corrected chi connectivity index (χ1v) is 26.6. The molecule has 0 N–H and O–H groups in total. The zero-order valence-corrected chi connectivity index (χ0v) is 40.9. The molecule has 3 aromatic carbocycles. The Bertz CT molecular complexity index is 3420. The van der Waals surface area contributed by atoms with Gasteiger partial charge in [-0.1, -0.05) is 109 Å². The molecule has 0 saturated heterocycles. The van der Waals surface area contributed by atoms with Crippen molar-refractivity contribution < 1.29 is 0 Å². The van der Waals surface area contributed by atoms with Gasteiger partial charge in [0, 0.05) is 70.1 Å². The lowest BCUT2D eigenvalue weighted by molar-refractivity contribution is 0.850. The van der Waals surface area contributed by atoms with E-state index in [1.54, 1.807) is 0 Å². The number of benzene rings is 3. The van der Waals surface area contributed by atoms with Crippen LogP contribution in [0.1, 0.15) is 103 Å². The molecule has 0 saturated carbocycles. The lowest BCUT2D eigenvalue weighted by Crippen LogP contribution is -2.47. The standard InChI is InChI=1S/C60H50N8.CH3.Al/c1-2-13-45(17-5-3-4-9-38-61)57-49-30-32-51(65-49)58(46-24-18-42(19-25-46)14-6-10-39-62)53-34-36-55(67-53)60(48-28-22-44(23-29-48)16-8-12-41-64)56-37-35-54(68-56)59(52-33-31-50(57)66-52)47-26-20-43(21-27-47)15-7-11-40-63;;/h2,5,13,17-37H,1,3-4,6-12,14-16H2;1H3;/q-2;;+2/b17-5-,45-13+,57-49?,57-50?,58-51?,58-53?,59-52?,59-54?,60-55?,60-56?;;. The van der Waals surface area contributed by atoms with Gasteiger partial charge in [-0.05, 0) is 139 Å². The molecule has 0 unspecified atom stereocenters. The molecule has 4 aliphatic rings. The van der Waals surface area contributed by atoms with E-state index in [2.05, 4.69) is 183 Å². The highest BCUT2D eigenvalue weighted by molar-refractivity contribution is 6.55. The van der Waals surface area contributed by atoms with E-state index in [1.165, 1.54) is 16.7 Å². The van der Waals surface area contributed by atoms with Gasteiger partial charge in [0.2, 0.25) is 0 Å². The van der Waals surface area contributed by atoms with Crippen molar-refractivity contribution in [3.05, 3.63) is 225 Å². The predicted molar refractivity (Wildman–Crippen MR) is 284 cm³/mol. The predicted octanol–water partition coefficient (Wildman–Crippen LogP) is 11.6. The van der Waals surface area contributed by atoms with Gasteiger partial charge in [0.1, 0.15) is 0 Å². The van der Waals surface area contributed by atoms with Crippen molar-refractivity contribution >= 4 is 48.3 Å². The lowest BCUT2D eigenvalue weighted by Gasteiger charge is -2.26. The average Bonchev–Trinajstić information content (AvgIpc) is 4.22. The third-order valence-corrected chi connectivity index (χ3v) is 16.1. The number of hydrogen-bond donors (Lipinski definition) is 0. The SMILES string of the molecule is C=C/C=C(\C=C/CCCC#N)C1=C2C=CC(=N2)C(c2ccc(CCCC#N)cc2)=c2ccc3[n]2[Al]([CH3])[n]2c1ccc2C(c1ccc(CCCC#N)cc1)=C1C=CC(=N1)C=3c1ccc(CCCC#N)cc1. The number of aryl methyl sites for hydroxylation is 3. The number of allylic oxidation sites excluding steroid dienone is 10. The highest BCUT2D eigenvalue weighted by Crippen LogP contribution is 2.40. The molecule has 0 amide bonds. The molecule has 6 bridgehead atoms. The third-order valence-electron chi connectivity index (χ3n) is 13.4. The van der Waals surface area contributed by atoms with Crippen LogP contribution in [0.2, 0.25) is 5.79 Å². The first kappa shape index (κ1) is 47.1. The Kier molecular flexibility index (Phi) is 14.7. The van der Waals surface area contributed by atoms with Crippen molar-refractivity contribution in [2.45, 2.75) is 82.8 Å². The fourth-order valence-corrected chi connectivity index (χ4v) is 12.8. The smallest absolute Gasteiger partial charge is 0.414 e. The Morgan fingerprint density at radius 2 is 1.00 bits per heavy atom. The Morgan fingerprint density at radius 1 is 0.543 bits per heavy atom. The second-order valence-corrected chi connectivity index (χ2v) is 20.2. The van der Waals surface area contributed by atoms with E-state index in [-0.39, 0.29) is 0 Å². The van der Waals surface area contributed by atoms with Crippen molar-refractivity contribution in [1.82, 2.24) is 7.10 Å². The second kappa shape index (κ2) is 21.9. The summed E-state index contributed by atoms with van der Waals surface area (Å²) in [5.41, 5.74) is 17.5. The lowest BCUT2D eigenvalue weighted by atomic mass is 9.98. The number of aliphatic imine (C=N–C) groups is 2. The van der Waals surface area contributed by atoms with Crippen LogP contribution in [0.3, 0.4) is 0 Å². The quantitative estimate of drug-likeness (QED) is 0.0492. The van der Waals surface area contributed by atoms with Crippen LogP contribution in [-0.4, -0.2) is 33.1 Å². The summed E-state index contributed by atoms with van der Waals surface area (Å²) in [6.07, 6.45) is 25.4. The number of fused-ring (bicyclic) bond motifs is 2.